The van der Waals surface area contributed by atoms with E-state index in [0.29, 0.717) is 0 Å². The number of ether oxygens (including phenoxy) is 1. The Bertz CT molecular complexity index is 1160. The first kappa shape index (κ1) is 8.27. The quantitative estimate of drug-likeness (QED) is 0.789. The monoisotopic (exact) mass is 377 g/mol. The third kappa shape index (κ3) is 4.07. The highest BCUT2D eigenvalue weighted by molar-refractivity contribution is 6.30. The first-order chi connectivity index (χ1) is 16.4. The van der Waals surface area contributed by atoms with Gasteiger partial charge in [-0.3, -0.25) is 10.1 Å². The minimum Gasteiger partial charge on any atom is -0.444 e. The van der Waals surface area contributed by atoms with Crippen LogP contribution < -0.4 is 10.6 Å². The summed E-state index contributed by atoms with van der Waals surface area (Å²) in [6.45, 7) is -3.64. The fraction of sp³-hybridized carbons (Fsp3) is 0.556. The van der Waals surface area contributed by atoms with Gasteiger partial charge in [-0.1, -0.05) is 23.7 Å². The van der Waals surface area contributed by atoms with Gasteiger partial charge < -0.3 is 14.9 Å². The summed E-state index contributed by atoms with van der Waals surface area (Å²) in [4.78, 5) is 26.1. The van der Waals surface area contributed by atoms with Crippen molar-refractivity contribution in [3.8, 4) is 0 Å². The van der Waals surface area contributed by atoms with E-state index in [1.807, 2.05) is 0 Å². The summed E-state index contributed by atoms with van der Waals surface area (Å²) in [5.41, 5.74) is -5.76. The second-order valence-corrected chi connectivity index (χ2v) is 6.70. The number of hydrogen-bond donors (Lipinski definition) is 2. The van der Waals surface area contributed by atoms with E-state index in [2.05, 4.69) is 0 Å². The molecule has 0 radical (unpaired) electrons. The zero-order valence-electron chi connectivity index (χ0n) is 25.7. The Morgan fingerprint density at radius 3 is 3.00 bits per heavy atom. The molecule has 2 heterocycles. The van der Waals surface area contributed by atoms with E-state index in [1.54, 1.807) is 0 Å². The van der Waals surface area contributed by atoms with Crippen molar-refractivity contribution in [3.05, 3.63) is 34.8 Å². The predicted octanol–water partition coefficient (Wildman–Crippen LogP) is 2.83. The van der Waals surface area contributed by atoms with Crippen LogP contribution in [0.4, 0.5) is 4.79 Å². The van der Waals surface area contributed by atoms with Crippen LogP contribution in [0.25, 0.3) is 0 Å². The number of nitrogens with one attached hydrogen (secondary N) is 2. The summed E-state index contributed by atoms with van der Waals surface area (Å²) < 4.78 is 107. The van der Waals surface area contributed by atoms with Crippen LogP contribution in [0.15, 0.2) is 24.2 Å². The number of amides is 2. The fourth-order valence-electron chi connectivity index (χ4n) is 2.05. The number of hydrogen-bond acceptors (Lipinski definition) is 4. The van der Waals surface area contributed by atoms with Gasteiger partial charge in [-0.25, -0.2) is 4.79 Å². The van der Waals surface area contributed by atoms with Crippen LogP contribution in [-0.2, 0) is 9.53 Å². The van der Waals surface area contributed by atoms with Crippen LogP contribution in [0.5, 0.6) is 0 Å². The summed E-state index contributed by atoms with van der Waals surface area (Å²) in [6.07, 6.45) is -9.65. The lowest BCUT2D eigenvalue weighted by Crippen LogP contribution is -2.61. The smallest absolute Gasteiger partial charge is 0.410 e. The van der Waals surface area contributed by atoms with Gasteiger partial charge in [0.25, 0.3) is 0 Å². The zero-order valence-corrected chi connectivity index (χ0v) is 14.4. The molecule has 2 atom stereocenters. The van der Waals surface area contributed by atoms with Crippen molar-refractivity contribution in [2.24, 2.45) is 0 Å². The number of likely N-dealkylation sites (tertiary alicyclic amines) is 1. The van der Waals surface area contributed by atoms with E-state index in [1.165, 1.54) is 20.8 Å². The Kier molecular flexibility index (Phi) is 2.15. The van der Waals surface area contributed by atoms with E-state index in [9.17, 15) is 9.59 Å². The molecule has 1 aromatic rings. The summed E-state index contributed by atoms with van der Waals surface area (Å²) in [5.74, 6) is -1.76. The number of benzene rings is 1. The predicted molar refractivity (Wildman–Crippen MR) is 95.2 cm³/mol. The molecule has 0 aliphatic carbocycles. The maximum absolute atomic E-state index is 13.4. The number of halogens is 1. The molecular formula is C18H24ClN3O3. The van der Waals surface area contributed by atoms with Crippen LogP contribution in [0.3, 0.4) is 0 Å². The largest absolute Gasteiger partial charge is 0.444 e. The molecule has 3 rings (SSSR count). The second-order valence-electron chi connectivity index (χ2n) is 6.26. The maximum Gasteiger partial charge on any atom is 0.410 e. The number of carbonyl (C=O) groups is 2. The molecule has 2 fully saturated rings. The molecule has 1 spiro atoms. The standard InChI is InChI=1S/C18H24ClN3O3/c1-17(2,3)25-16(24)22-10-4-9-18(11-22)20-14(15(23)21-18)12-5-7-13(19)8-6-12/h5-8,14,20H,4,9-11H2,1-3H3,(H,21,23)/i4D2,5D,9D2,10D2,11D2,14D/hD2. The molecule has 2 aliphatic rings. The van der Waals surface area contributed by atoms with Gasteiger partial charge in [0, 0.05) is 19.7 Å². The van der Waals surface area contributed by atoms with E-state index >= 15 is 0 Å². The van der Waals surface area contributed by atoms with Crippen molar-refractivity contribution >= 4 is 23.6 Å². The molecule has 2 N–H and O–H groups in total. The van der Waals surface area contributed by atoms with Crippen molar-refractivity contribution < 1.29 is 30.9 Å². The van der Waals surface area contributed by atoms with Gasteiger partial charge in [-0.05, 0) is 51.2 Å². The first-order valence-corrected chi connectivity index (χ1v) is 7.69. The Morgan fingerprint density at radius 1 is 1.56 bits per heavy atom. The lowest BCUT2D eigenvalue weighted by Gasteiger charge is -2.40. The van der Waals surface area contributed by atoms with E-state index in [-0.39, 0.29) is 10.3 Å². The van der Waals surface area contributed by atoms with E-state index in [0.717, 1.165) is 18.2 Å². The fourth-order valence-corrected chi connectivity index (χ4v) is 2.17. The number of carbonyl (C=O) groups excluding carboxylic acids is 2. The molecular weight excluding hydrogens is 342 g/mol. The maximum atomic E-state index is 13.4. The van der Waals surface area contributed by atoms with Crippen LogP contribution in [0, 0.1) is 0 Å². The third-order valence-corrected chi connectivity index (χ3v) is 3.25. The number of nitrogens with zero attached hydrogens (tertiary/aromatic N) is 1. The average Bonchev–Trinajstić information content (AvgIpc) is 2.84. The zero-order chi connectivity index (χ0) is 28.9. The first-order valence-electron chi connectivity index (χ1n) is 13.2. The van der Waals surface area contributed by atoms with Crippen molar-refractivity contribution in [3.63, 3.8) is 0 Å². The van der Waals surface area contributed by atoms with Gasteiger partial charge >= 0.3 is 6.09 Å². The Morgan fingerprint density at radius 2 is 2.32 bits per heavy atom. The average molecular weight is 378 g/mol. The van der Waals surface area contributed by atoms with Crippen molar-refractivity contribution in [1.29, 1.82) is 0 Å². The molecule has 2 unspecified atom stereocenters. The van der Waals surface area contributed by atoms with Crippen molar-refractivity contribution in [2.45, 2.75) is 50.8 Å². The van der Waals surface area contributed by atoms with Crippen LogP contribution in [0.1, 0.15) is 58.8 Å². The Hall–Kier alpha value is -1.79. The Labute approximate surface area is 169 Å². The van der Waals surface area contributed by atoms with Gasteiger partial charge in [0.1, 0.15) is 18.7 Å². The van der Waals surface area contributed by atoms with E-state index < -0.39 is 76.8 Å². The molecule has 25 heavy (non-hydrogen) atoms. The lowest BCUT2D eigenvalue weighted by atomic mass is 9.99. The number of piperidine rings is 1. The number of rotatable bonds is 1. The van der Waals surface area contributed by atoms with Crippen LogP contribution in [0.2, 0.25) is 7.85 Å². The molecule has 2 amide bonds. The van der Waals surface area contributed by atoms with Crippen LogP contribution in [-0.4, -0.2) is 41.2 Å². The third-order valence-electron chi connectivity index (χ3n) is 3.02. The van der Waals surface area contributed by atoms with Gasteiger partial charge in [-0.2, -0.15) is 0 Å². The molecule has 2 saturated heterocycles. The minimum absolute atomic E-state index is 0.000672. The van der Waals surface area contributed by atoms with Gasteiger partial charge in [-0.15, -0.1) is 0 Å². The van der Waals surface area contributed by atoms with Crippen molar-refractivity contribution in [1.82, 2.24) is 15.5 Å². The van der Waals surface area contributed by atoms with Gasteiger partial charge in [0.15, 0.2) is 1.41 Å². The van der Waals surface area contributed by atoms with Crippen LogP contribution >= 0.6 is 11.6 Å². The highest BCUT2D eigenvalue weighted by Crippen LogP contribution is 2.30. The molecule has 6 nitrogen and oxygen atoms in total. The topological polar surface area (TPSA) is 70.7 Å². The highest BCUT2D eigenvalue weighted by atomic mass is 35.5. The normalized spacial score (nSPS) is 45.8. The molecule has 136 valence electrons. The molecule has 7 heteroatoms. The Balaban J connectivity index is 2.42. The molecule has 1 aromatic carbocycles. The molecule has 2 aliphatic heterocycles. The van der Waals surface area contributed by atoms with Gasteiger partial charge in [0.2, 0.25) is 5.91 Å². The van der Waals surface area contributed by atoms with Crippen molar-refractivity contribution in [2.75, 3.05) is 13.0 Å². The second kappa shape index (κ2) is 6.50. The summed E-state index contributed by atoms with van der Waals surface area (Å²) >= 11 is 5.84. The highest BCUT2D eigenvalue weighted by Gasteiger charge is 2.47. The van der Waals surface area contributed by atoms with E-state index in [4.69, 9.17) is 32.9 Å². The minimum atomic E-state index is -3.96. The molecule has 0 aromatic heterocycles. The molecule has 0 bridgehead atoms. The SMILES string of the molecule is [2H]c1cc(Cl)ccc1C1([2H])C(=O)N([2H])C2(N1[2H])C([2H])([2H])N(C(=O)OC(C)(C)C)C([2H])([2H])C([2H])([2H])C2([2H])[2H]. The summed E-state index contributed by atoms with van der Waals surface area (Å²) in [7, 11) is 0. The molecule has 0 saturated carbocycles. The summed E-state index contributed by atoms with van der Waals surface area (Å²) in [5, 5.41) is -0.798. The summed E-state index contributed by atoms with van der Waals surface area (Å²) in [6, 6.07) is -0.706. The van der Waals surface area contributed by atoms with Gasteiger partial charge in [0.05, 0.1) is 12.0 Å². The lowest BCUT2D eigenvalue weighted by molar-refractivity contribution is -0.121.